The standard InChI is InChI=1S/C40H22N4O8S2/c45-37-33-19-1-23(21-35(33)39(47)41(37)25-3-11-29(12-4-25)53-31-15-7-27(8-16-31)43(49)50)24-2-20-34-36(22-24)40(48)42(38(34)46)26-5-13-30(14-6-26)54-32-17-9-28(10-18-32)44(51)52/h1-22H. The Morgan fingerprint density at radius 1 is 0.389 bits per heavy atom. The van der Waals surface area contributed by atoms with Gasteiger partial charge in [-0.3, -0.25) is 39.4 Å². The fourth-order valence-electron chi connectivity index (χ4n) is 6.18. The summed E-state index contributed by atoms with van der Waals surface area (Å²) in [6.07, 6.45) is 0. The summed E-state index contributed by atoms with van der Waals surface area (Å²) >= 11 is 2.76. The van der Waals surface area contributed by atoms with Crippen LogP contribution in [0.4, 0.5) is 22.7 Å². The van der Waals surface area contributed by atoms with Crippen LogP contribution in [-0.4, -0.2) is 33.5 Å². The molecule has 6 aromatic carbocycles. The number of carbonyl (C=O) groups is 4. The third-order valence-electron chi connectivity index (χ3n) is 8.86. The summed E-state index contributed by atoms with van der Waals surface area (Å²) in [5, 5.41) is 21.9. The molecule has 0 aromatic heterocycles. The van der Waals surface area contributed by atoms with Crippen LogP contribution in [0.3, 0.4) is 0 Å². The van der Waals surface area contributed by atoms with E-state index in [0.717, 1.165) is 29.4 Å². The number of imide groups is 2. The van der Waals surface area contributed by atoms with E-state index in [1.54, 1.807) is 109 Å². The third kappa shape index (κ3) is 6.18. The Labute approximate surface area is 314 Å². The highest BCUT2D eigenvalue weighted by Crippen LogP contribution is 2.37. The Balaban J connectivity index is 0.977. The number of carbonyl (C=O) groups excluding carboxylic acids is 4. The van der Waals surface area contributed by atoms with Crippen molar-refractivity contribution in [2.24, 2.45) is 0 Å². The molecule has 2 aliphatic rings. The van der Waals surface area contributed by atoms with Crippen LogP contribution in [0.2, 0.25) is 0 Å². The molecule has 14 heteroatoms. The number of nitro benzene ring substituents is 2. The van der Waals surface area contributed by atoms with E-state index in [9.17, 15) is 39.4 Å². The molecular weight excluding hydrogens is 729 g/mol. The minimum absolute atomic E-state index is 0.00645. The molecule has 0 radical (unpaired) electrons. The molecule has 8 rings (SSSR count). The molecular formula is C40H22N4O8S2. The second kappa shape index (κ2) is 13.6. The maximum atomic E-state index is 13.6. The molecule has 54 heavy (non-hydrogen) atoms. The van der Waals surface area contributed by atoms with Crippen molar-refractivity contribution in [3.05, 3.63) is 176 Å². The lowest BCUT2D eigenvalue weighted by atomic mass is 9.97. The van der Waals surface area contributed by atoms with Gasteiger partial charge in [0.2, 0.25) is 0 Å². The molecule has 0 bridgehead atoms. The van der Waals surface area contributed by atoms with Gasteiger partial charge in [0, 0.05) is 43.8 Å². The smallest absolute Gasteiger partial charge is 0.268 e. The zero-order valence-electron chi connectivity index (χ0n) is 27.6. The fraction of sp³-hybridized carbons (Fsp3) is 0. The molecule has 0 saturated carbocycles. The predicted octanol–water partition coefficient (Wildman–Crippen LogP) is 9.07. The van der Waals surface area contributed by atoms with Crippen LogP contribution in [0.15, 0.2) is 153 Å². The first kappa shape index (κ1) is 34.2. The van der Waals surface area contributed by atoms with Crippen molar-refractivity contribution < 1.29 is 29.0 Å². The normalized spacial score (nSPS) is 13.3. The Morgan fingerprint density at radius 2 is 0.685 bits per heavy atom. The van der Waals surface area contributed by atoms with Gasteiger partial charge in [-0.2, -0.15) is 0 Å². The summed E-state index contributed by atoms with van der Waals surface area (Å²) in [5.74, 6) is -1.94. The lowest BCUT2D eigenvalue weighted by Gasteiger charge is -2.14. The SMILES string of the molecule is O=C1c2ccc(-c3ccc4c(c3)C(=O)N(c3ccc(Sc5ccc([N+](=O)[O-])cc5)cc3)C4=O)cc2C(=O)N1c1ccc(Sc2ccc([N+](=O)[O-])cc2)cc1. The number of nitro groups is 2. The predicted molar refractivity (Wildman–Crippen MR) is 201 cm³/mol. The summed E-state index contributed by atoms with van der Waals surface area (Å²) in [7, 11) is 0. The summed E-state index contributed by atoms with van der Waals surface area (Å²) in [6, 6.07) is 35.7. The zero-order valence-corrected chi connectivity index (χ0v) is 29.2. The van der Waals surface area contributed by atoms with Gasteiger partial charge >= 0.3 is 0 Å². The van der Waals surface area contributed by atoms with Crippen LogP contribution in [0.1, 0.15) is 41.4 Å². The summed E-state index contributed by atoms with van der Waals surface area (Å²) < 4.78 is 0. The molecule has 12 nitrogen and oxygen atoms in total. The second-order valence-electron chi connectivity index (χ2n) is 12.1. The van der Waals surface area contributed by atoms with Crippen LogP contribution < -0.4 is 9.80 Å². The fourth-order valence-corrected chi connectivity index (χ4v) is 7.81. The van der Waals surface area contributed by atoms with E-state index in [1.165, 1.54) is 47.8 Å². The molecule has 262 valence electrons. The summed E-state index contributed by atoms with van der Waals surface area (Å²) in [4.78, 5) is 80.4. The van der Waals surface area contributed by atoms with Crippen LogP contribution >= 0.6 is 23.5 Å². The van der Waals surface area contributed by atoms with Gasteiger partial charge in [0.25, 0.3) is 35.0 Å². The zero-order chi connectivity index (χ0) is 37.7. The van der Waals surface area contributed by atoms with E-state index in [4.69, 9.17) is 0 Å². The van der Waals surface area contributed by atoms with E-state index in [0.29, 0.717) is 22.5 Å². The molecule has 2 aliphatic heterocycles. The number of nitrogens with zero attached hydrogens (tertiary/aromatic N) is 4. The second-order valence-corrected chi connectivity index (χ2v) is 14.4. The van der Waals surface area contributed by atoms with Gasteiger partial charge in [0.05, 0.1) is 43.5 Å². The van der Waals surface area contributed by atoms with Crippen LogP contribution in [0.25, 0.3) is 11.1 Å². The number of benzene rings is 6. The van der Waals surface area contributed by atoms with Crippen LogP contribution in [-0.2, 0) is 0 Å². The molecule has 0 fully saturated rings. The molecule has 0 aliphatic carbocycles. The highest BCUT2D eigenvalue weighted by atomic mass is 32.2. The molecule has 0 spiro atoms. The number of hydrogen-bond donors (Lipinski definition) is 0. The average Bonchev–Trinajstić information content (AvgIpc) is 3.58. The van der Waals surface area contributed by atoms with Crippen molar-refractivity contribution in [2.75, 3.05) is 9.80 Å². The van der Waals surface area contributed by atoms with Crippen molar-refractivity contribution in [1.29, 1.82) is 0 Å². The van der Waals surface area contributed by atoms with Crippen molar-refractivity contribution in [2.45, 2.75) is 19.6 Å². The minimum atomic E-state index is -0.499. The van der Waals surface area contributed by atoms with Gasteiger partial charge < -0.3 is 0 Å². The van der Waals surface area contributed by atoms with E-state index in [1.807, 2.05) is 0 Å². The van der Waals surface area contributed by atoms with E-state index < -0.39 is 33.5 Å². The maximum absolute atomic E-state index is 13.6. The minimum Gasteiger partial charge on any atom is -0.268 e. The number of non-ortho nitro benzene ring substituents is 2. The number of fused-ring (bicyclic) bond motifs is 2. The summed E-state index contributed by atoms with van der Waals surface area (Å²) in [6.45, 7) is 0. The Bertz CT molecular complexity index is 2400. The molecule has 2 heterocycles. The molecule has 0 atom stereocenters. The summed E-state index contributed by atoms with van der Waals surface area (Å²) in [5.41, 5.74) is 2.81. The van der Waals surface area contributed by atoms with Gasteiger partial charge in [-0.25, -0.2) is 9.80 Å². The first-order chi connectivity index (χ1) is 26.0. The Hall–Kier alpha value is -6.90. The largest absolute Gasteiger partial charge is 0.269 e. The maximum Gasteiger partial charge on any atom is 0.269 e. The van der Waals surface area contributed by atoms with E-state index in [2.05, 4.69) is 0 Å². The molecule has 0 unspecified atom stereocenters. The van der Waals surface area contributed by atoms with E-state index in [-0.39, 0.29) is 33.6 Å². The van der Waals surface area contributed by atoms with Crippen LogP contribution in [0, 0.1) is 20.2 Å². The van der Waals surface area contributed by atoms with Crippen molar-refractivity contribution >= 4 is 69.9 Å². The monoisotopic (exact) mass is 750 g/mol. The number of anilines is 2. The average molecular weight is 751 g/mol. The van der Waals surface area contributed by atoms with Crippen molar-refractivity contribution in [1.82, 2.24) is 0 Å². The number of amides is 4. The molecule has 0 saturated heterocycles. The topological polar surface area (TPSA) is 161 Å². The first-order valence-electron chi connectivity index (χ1n) is 16.2. The lowest BCUT2D eigenvalue weighted by molar-refractivity contribution is -0.385. The Kier molecular flexibility index (Phi) is 8.60. The highest BCUT2D eigenvalue weighted by molar-refractivity contribution is 7.99. The lowest BCUT2D eigenvalue weighted by Crippen LogP contribution is -2.29. The van der Waals surface area contributed by atoms with Crippen molar-refractivity contribution in [3.8, 4) is 11.1 Å². The number of hydrogen-bond acceptors (Lipinski definition) is 10. The third-order valence-corrected chi connectivity index (χ3v) is 10.9. The van der Waals surface area contributed by atoms with Gasteiger partial charge in [-0.1, -0.05) is 35.7 Å². The quantitative estimate of drug-likeness (QED) is 0.0792. The molecule has 4 amide bonds. The first-order valence-corrected chi connectivity index (χ1v) is 17.8. The van der Waals surface area contributed by atoms with Gasteiger partial charge in [0.15, 0.2) is 0 Å². The van der Waals surface area contributed by atoms with Gasteiger partial charge in [-0.15, -0.1) is 0 Å². The van der Waals surface area contributed by atoms with Crippen LogP contribution in [0.5, 0.6) is 0 Å². The molecule has 0 N–H and O–H groups in total. The van der Waals surface area contributed by atoms with Gasteiger partial charge in [0.1, 0.15) is 0 Å². The highest BCUT2D eigenvalue weighted by Gasteiger charge is 2.39. The molecule has 6 aromatic rings. The Morgan fingerprint density at radius 3 is 1.00 bits per heavy atom. The van der Waals surface area contributed by atoms with Gasteiger partial charge in [-0.05, 0) is 108 Å². The van der Waals surface area contributed by atoms with E-state index >= 15 is 0 Å². The number of rotatable bonds is 9. The van der Waals surface area contributed by atoms with Crippen molar-refractivity contribution in [3.63, 3.8) is 0 Å².